The molecule has 0 saturated carbocycles. The van der Waals surface area contributed by atoms with Crippen molar-refractivity contribution >= 4 is 17.4 Å². The van der Waals surface area contributed by atoms with Gasteiger partial charge in [-0.15, -0.1) is 11.8 Å². The SMILES string of the molecule is CC.COc1ccc(CSc2cc(C)nc(C)c2[N+](=O)[O-])cc1. The molecule has 0 aliphatic heterocycles. The summed E-state index contributed by atoms with van der Waals surface area (Å²) in [5, 5.41) is 11.2. The highest BCUT2D eigenvalue weighted by atomic mass is 32.2. The Kier molecular flexibility index (Phi) is 7.54. The molecule has 0 fully saturated rings. The predicted molar refractivity (Wildman–Crippen MR) is 94.3 cm³/mol. The molecule has 0 unspecified atom stereocenters. The Morgan fingerprint density at radius 1 is 1.22 bits per heavy atom. The number of methoxy groups -OCH3 is 1. The summed E-state index contributed by atoms with van der Waals surface area (Å²) in [4.78, 5) is 15.6. The van der Waals surface area contributed by atoms with Crippen molar-refractivity contribution in [2.45, 2.75) is 38.3 Å². The summed E-state index contributed by atoms with van der Waals surface area (Å²) in [5.74, 6) is 1.46. The standard InChI is InChI=1S/C15H16N2O3S.C2H6/c1-10-8-14(15(17(18)19)11(2)16-10)21-9-12-4-6-13(20-3)7-5-12;1-2/h4-8H,9H2,1-3H3;1-2H3. The molecule has 124 valence electrons. The summed E-state index contributed by atoms with van der Waals surface area (Å²) in [6.07, 6.45) is 0. The lowest BCUT2D eigenvalue weighted by Gasteiger charge is -2.07. The van der Waals surface area contributed by atoms with Crippen molar-refractivity contribution in [1.82, 2.24) is 4.98 Å². The summed E-state index contributed by atoms with van der Waals surface area (Å²) in [7, 11) is 1.62. The van der Waals surface area contributed by atoms with Crippen LogP contribution in [0.15, 0.2) is 35.2 Å². The van der Waals surface area contributed by atoms with Crippen molar-refractivity contribution in [2.24, 2.45) is 0 Å². The third-order valence-electron chi connectivity index (χ3n) is 3.00. The van der Waals surface area contributed by atoms with Gasteiger partial charge in [0.15, 0.2) is 0 Å². The molecule has 0 amide bonds. The van der Waals surface area contributed by atoms with E-state index in [9.17, 15) is 10.1 Å². The van der Waals surface area contributed by atoms with Gasteiger partial charge in [0.05, 0.1) is 16.9 Å². The van der Waals surface area contributed by atoms with Crippen LogP contribution in [-0.4, -0.2) is 17.0 Å². The first-order chi connectivity index (χ1) is 11.0. The Labute approximate surface area is 141 Å². The molecule has 1 heterocycles. The molecule has 2 rings (SSSR count). The first-order valence-corrected chi connectivity index (χ1v) is 8.38. The van der Waals surface area contributed by atoms with Gasteiger partial charge in [0.25, 0.3) is 0 Å². The maximum absolute atomic E-state index is 11.2. The van der Waals surface area contributed by atoms with Gasteiger partial charge in [0.1, 0.15) is 11.4 Å². The number of aromatic nitrogens is 1. The maximum Gasteiger partial charge on any atom is 0.303 e. The van der Waals surface area contributed by atoms with E-state index in [0.29, 0.717) is 16.3 Å². The number of rotatable bonds is 5. The molecule has 1 aromatic heterocycles. The molecule has 0 N–H and O–H groups in total. The number of benzene rings is 1. The minimum Gasteiger partial charge on any atom is -0.497 e. The molecule has 0 aliphatic carbocycles. The number of nitrogens with zero attached hydrogens (tertiary/aromatic N) is 2. The van der Waals surface area contributed by atoms with Crippen LogP contribution in [0.2, 0.25) is 0 Å². The maximum atomic E-state index is 11.2. The quantitative estimate of drug-likeness (QED) is 0.440. The Morgan fingerprint density at radius 3 is 2.35 bits per heavy atom. The summed E-state index contributed by atoms with van der Waals surface area (Å²) in [6, 6.07) is 9.44. The fourth-order valence-electron chi connectivity index (χ4n) is 2.00. The zero-order chi connectivity index (χ0) is 17.4. The number of hydrogen-bond donors (Lipinski definition) is 0. The van der Waals surface area contributed by atoms with Crippen LogP contribution >= 0.6 is 11.8 Å². The van der Waals surface area contributed by atoms with Gasteiger partial charge in [-0.05, 0) is 37.6 Å². The number of nitro groups is 1. The highest BCUT2D eigenvalue weighted by molar-refractivity contribution is 7.98. The van der Waals surface area contributed by atoms with E-state index in [1.165, 1.54) is 11.8 Å². The Bertz CT molecular complexity index is 658. The van der Waals surface area contributed by atoms with Gasteiger partial charge < -0.3 is 4.74 Å². The van der Waals surface area contributed by atoms with Crippen molar-refractivity contribution in [2.75, 3.05) is 7.11 Å². The van der Waals surface area contributed by atoms with Gasteiger partial charge in [-0.1, -0.05) is 26.0 Å². The fourth-order valence-corrected chi connectivity index (χ4v) is 3.13. The largest absolute Gasteiger partial charge is 0.497 e. The summed E-state index contributed by atoms with van der Waals surface area (Å²) in [6.45, 7) is 7.51. The second-order valence-electron chi connectivity index (χ2n) is 4.59. The third kappa shape index (κ3) is 5.25. The third-order valence-corrected chi connectivity index (χ3v) is 4.10. The Balaban J connectivity index is 0.00000127. The fraction of sp³-hybridized carbons (Fsp3) is 0.353. The monoisotopic (exact) mass is 334 g/mol. The predicted octanol–water partition coefficient (Wildman–Crippen LogP) is 4.93. The van der Waals surface area contributed by atoms with Crippen LogP contribution in [0.4, 0.5) is 5.69 Å². The molecule has 0 saturated heterocycles. The molecule has 6 heteroatoms. The molecule has 0 bridgehead atoms. The van der Waals surface area contributed by atoms with Crippen molar-refractivity contribution in [3.8, 4) is 5.75 Å². The van der Waals surface area contributed by atoms with Gasteiger partial charge in [-0.3, -0.25) is 15.1 Å². The van der Waals surface area contributed by atoms with Crippen LogP contribution < -0.4 is 4.74 Å². The zero-order valence-electron chi connectivity index (χ0n) is 14.1. The van der Waals surface area contributed by atoms with Crippen LogP contribution in [-0.2, 0) is 5.75 Å². The van der Waals surface area contributed by atoms with E-state index >= 15 is 0 Å². The highest BCUT2D eigenvalue weighted by Crippen LogP contribution is 2.34. The molecular formula is C17H22N2O3S. The lowest BCUT2D eigenvalue weighted by Crippen LogP contribution is -1.98. The highest BCUT2D eigenvalue weighted by Gasteiger charge is 2.19. The molecule has 0 spiro atoms. The molecule has 5 nitrogen and oxygen atoms in total. The van der Waals surface area contributed by atoms with E-state index in [1.807, 2.05) is 45.0 Å². The van der Waals surface area contributed by atoms with Gasteiger partial charge >= 0.3 is 5.69 Å². The van der Waals surface area contributed by atoms with Gasteiger partial charge in [-0.2, -0.15) is 0 Å². The molecule has 0 aliphatic rings. The van der Waals surface area contributed by atoms with E-state index < -0.39 is 0 Å². The summed E-state index contributed by atoms with van der Waals surface area (Å²) in [5.41, 5.74) is 2.42. The smallest absolute Gasteiger partial charge is 0.303 e. The van der Waals surface area contributed by atoms with Crippen LogP contribution in [0.5, 0.6) is 5.75 Å². The molecular weight excluding hydrogens is 312 g/mol. The average molecular weight is 334 g/mol. The van der Waals surface area contributed by atoms with Crippen LogP contribution in [0.3, 0.4) is 0 Å². The van der Waals surface area contributed by atoms with Crippen molar-refractivity contribution in [3.05, 3.63) is 57.4 Å². The average Bonchev–Trinajstić information content (AvgIpc) is 2.54. The molecule has 1 aromatic carbocycles. The zero-order valence-corrected chi connectivity index (χ0v) is 14.9. The normalized spacial score (nSPS) is 9.78. The first-order valence-electron chi connectivity index (χ1n) is 7.39. The molecule has 2 aromatic rings. The Hall–Kier alpha value is -2.08. The number of pyridine rings is 1. The number of ether oxygens (including phenoxy) is 1. The van der Waals surface area contributed by atoms with Gasteiger partial charge in [0.2, 0.25) is 0 Å². The van der Waals surface area contributed by atoms with Crippen molar-refractivity contribution in [1.29, 1.82) is 0 Å². The second-order valence-corrected chi connectivity index (χ2v) is 5.61. The summed E-state index contributed by atoms with van der Waals surface area (Å²) < 4.78 is 5.11. The lowest BCUT2D eigenvalue weighted by molar-refractivity contribution is -0.388. The second kappa shape index (κ2) is 9.15. The number of hydrogen-bond acceptors (Lipinski definition) is 5. The van der Waals surface area contributed by atoms with E-state index in [0.717, 1.165) is 17.0 Å². The molecule has 0 radical (unpaired) electrons. The minimum absolute atomic E-state index is 0.0964. The van der Waals surface area contributed by atoms with Crippen LogP contribution in [0.25, 0.3) is 0 Å². The van der Waals surface area contributed by atoms with Crippen LogP contribution in [0, 0.1) is 24.0 Å². The van der Waals surface area contributed by atoms with Crippen molar-refractivity contribution in [3.63, 3.8) is 0 Å². The first kappa shape index (κ1) is 19.0. The van der Waals surface area contributed by atoms with Gasteiger partial charge in [0, 0.05) is 11.4 Å². The van der Waals surface area contributed by atoms with E-state index in [1.54, 1.807) is 20.1 Å². The van der Waals surface area contributed by atoms with Crippen molar-refractivity contribution < 1.29 is 9.66 Å². The molecule has 23 heavy (non-hydrogen) atoms. The van der Waals surface area contributed by atoms with E-state index in [-0.39, 0.29) is 10.6 Å². The molecule has 0 atom stereocenters. The van der Waals surface area contributed by atoms with Crippen LogP contribution in [0.1, 0.15) is 30.8 Å². The topological polar surface area (TPSA) is 65.3 Å². The summed E-state index contributed by atoms with van der Waals surface area (Å²) >= 11 is 1.45. The number of thioether (sulfide) groups is 1. The van der Waals surface area contributed by atoms with E-state index in [4.69, 9.17) is 4.74 Å². The lowest BCUT2D eigenvalue weighted by atomic mass is 10.2. The Morgan fingerprint density at radius 2 is 1.83 bits per heavy atom. The number of aryl methyl sites for hydroxylation is 2. The van der Waals surface area contributed by atoms with E-state index in [2.05, 4.69) is 4.98 Å². The minimum atomic E-state index is -0.363. The van der Waals surface area contributed by atoms with Gasteiger partial charge in [-0.25, -0.2) is 0 Å².